The number of rotatable bonds is 8. The molecule has 1 saturated heterocycles. The lowest BCUT2D eigenvalue weighted by atomic mass is 10.2. The zero-order valence-electron chi connectivity index (χ0n) is 14.0. The summed E-state index contributed by atoms with van der Waals surface area (Å²) in [5.41, 5.74) is 0. The molecular weight excluding hydrogens is 334 g/mol. The summed E-state index contributed by atoms with van der Waals surface area (Å²) in [4.78, 5) is 62.0. The number of esters is 2. The second kappa shape index (κ2) is 9.42. The third kappa shape index (κ3) is 6.63. The van der Waals surface area contributed by atoms with Gasteiger partial charge in [0.25, 0.3) is 17.9 Å². The van der Waals surface area contributed by atoms with Crippen LogP contribution < -0.4 is 0 Å². The fourth-order valence-corrected chi connectivity index (χ4v) is 1.67. The molecule has 0 aliphatic carbocycles. The van der Waals surface area contributed by atoms with Crippen molar-refractivity contribution in [3.8, 4) is 12.3 Å². The van der Waals surface area contributed by atoms with Crippen molar-refractivity contribution in [1.29, 1.82) is 0 Å². The normalized spacial score (nSPS) is 14.9. The Balaban J connectivity index is 2.38. The van der Waals surface area contributed by atoms with Crippen molar-refractivity contribution in [3.63, 3.8) is 0 Å². The summed E-state index contributed by atoms with van der Waals surface area (Å²) >= 11 is 0. The second-order valence-corrected chi connectivity index (χ2v) is 5.61. The maximum Gasteiger partial charge on any atom is 0.360 e. The highest BCUT2D eigenvalue weighted by Gasteiger charge is 2.33. The second-order valence-electron chi connectivity index (χ2n) is 5.61. The number of hydrogen-bond donors (Lipinski definition) is 0. The molecule has 9 heteroatoms. The van der Waals surface area contributed by atoms with Gasteiger partial charge in [-0.2, -0.15) is 0 Å². The molecular formula is C16H19NO8. The number of carbonyl (C=O) groups excluding carboxylic acids is 5. The van der Waals surface area contributed by atoms with Gasteiger partial charge in [-0.15, -0.1) is 11.5 Å². The summed E-state index contributed by atoms with van der Waals surface area (Å²) in [6.45, 7) is 3.77. The lowest BCUT2D eigenvalue weighted by molar-refractivity contribution is -0.197. The molecule has 1 atom stereocenters. The van der Waals surface area contributed by atoms with Crippen LogP contribution in [0, 0.1) is 18.3 Å². The molecule has 1 heterocycles. The van der Waals surface area contributed by atoms with Crippen LogP contribution in [0.25, 0.3) is 0 Å². The Kier molecular flexibility index (Phi) is 7.59. The molecule has 0 radical (unpaired) electrons. The molecule has 1 fully saturated rings. The first kappa shape index (κ1) is 20.2. The van der Waals surface area contributed by atoms with E-state index in [1.165, 1.54) is 0 Å². The molecule has 0 aromatic heterocycles. The van der Waals surface area contributed by atoms with Gasteiger partial charge in [0.1, 0.15) is 0 Å². The van der Waals surface area contributed by atoms with Gasteiger partial charge in [-0.05, 0) is 5.92 Å². The van der Waals surface area contributed by atoms with Gasteiger partial charge in [-0.3, -0.25) is 14.4 Å². The fourth-order valence-electron chi connectivity index (χ4n) is 1.67. The van der Waals surface area contributed by atoms with Crippen molar-refractivity contribution in [2.75, 3.05) is 6.61 Å². The molecule has 0 N–H and O–H groups in total. The van der Waals surface area contributed by atoms with E-state index in [2.05, 4.69) is 4.84 Å². The van der Waals surface area contributed by atoms with Crippen LogP contribution in [0.2, 0.25) is 0 Å². The monoisotopic (exact) mass is 353 g/mol. The largest absolute Gasteiger partial charge is 0.462 e. The topological polar surface area (TPSA) is 116 Å². The first-order valence-corrected chi connectivity index (χ1v) is 7.63. The van der Waals surface area contributed by atoms with Crippen LogP contribution >= 0.6 is 0 Å². The number of hydrogen-bond acceptors (Lipinski definition) is 8. The van der Waals surface area contributed by atoms with Crippen LogP contribution in [0.15, 0.2) is 0 Å². The molecule has 0 saturated carbocycles. The predicted octanol–water partition coefficient (Wildman–Crippen LogP) is 0.118. The number of nitrogens with zero attached hydrogens (tertiary/aromatic N) is 1. The minimum Gasteiger partial charge on any atom is -0.462 e. The lowest BCUT2D eigenvalue weighted by Gasteiger charge is -2.14. The highest BCUT2D eigenvalue weighted by molar-refractivity contribution is 6.01. The number of amides is 2. The van der Waals surface area contributed by atoms with Crippen LogP contribution in [-0.4, -0.2) is 47.5 Å². The van der Waals surface area contributed by atoms with Crippen LogP contribution in [-0.2, 0) is 38.3 Å². The summed E-state index contributed by atoms with van der Waals surface area (Å²) in [6, 6.07) is 0. The average Bonchev–Trinajstić information content (AvgIpc) is 2.87. The Morgan fingerprint density at radius 2 is 1.68 bits per heavy atom. The van der Waals surface area contributed by atoms with E-state index in [0.29, 0.717) is 5.06 Å². The third-order valence-corrected chi connectivity index (χ3v) is 2.91. The Labute approximate surface area is 144 Å². The van der Waals surface area contributed by atoms with Gasteiger partial charge >= 0.3 is 17.9 Å². The van der Waals surface area contributed by atoms with Gasteiger partial charge in [0.05, 0.1) is 19.4 Å². The van der Waals surface area contributed by atoms with Gasteiger partial charge in [-0.25, -0.2) is 9.59 Å². The zero-order valence-corrected chi connectivity index (χ0v) is 14.0. The van der Waals surface area contributed by atoms with Gasteiger partial charge in [0, 0.05) is 12.8 Å². The molecule has 1 rings (SSSR count). The van der Waals surface area contributed by atoms with E-state index in [9.17, 15) is 24.0 Å². The molecule has 1 aliphatic rings. The molecule has 2 amide bonds. The van der Waals surface area contributed by atoms with E-state index in [1.807, 2.05) is 19.8 Å². The van der Waals surface area contributed by atoms with E-state index in [4.69, 9.17) is 15.9 Å². The molecule has 9 nitrogen and oxygen atoms in total. The number of imide groups is 1. The van der Waals surface area contributed by atoms with Gasteiger partial charge in [-0.1, -0.05) is 19.8 Å². The van der Waals surface area contributed by atoms with Crippen molar-refractivity contribution in [1.82, 2.24) is 5.06 Å². The minimum atomic E-state index is -1.51. The number of hydroxylamine groups is 2. The molecule has 1 aliphatic heterocycles. The summed E-state index contributed by atoms with van der Waals surface area (Å²) in [5.74, 6) is -1.93. The van der Waals surface area contributed by atoms with Gasteiger partial charge in [0.2, 0.25) is 0 Å². The standard InChI is InChI=1S/C16H19NO8/c1-4-11(16(22)23-9-10(2)3)24-14(20)7-8-15(21)25-17-12(18)5-6-13(17)19/h1,10-11H,5-9H2,2-3H3/t11-/m0/s1. The number of terminal acetylenes is 1. The van der Waals surface area contributed by atoms with Crippen molar-refractivity contribution >= 4 is 29.7 Å². The van der Waals surface area contributed by atoms with Crippen molar-refractivity contribution in [3.05, 3.63) is 0 Å². The molecule has 0 bridgehead atoms. The fraction of sp³-hybridized carbons (Fsp3) is 0.562. The van der Waals surface area contributed by atoms with Crippen molar-refractivity contribution < 1.29 is 38.3 Å². The van der Waals surface area contributed by atoms with E-state index >= 15 is 0 Å². The van der Waals surface area contributed by atoms with Gasteiger partial charge in [0.15, 0.2) is 0 Å². The first-order chi connectivity index (χ1) is 11.7. The SMILES string of the molecule is C#C[C@H](OC(=O)CCC(=O)ON1C(=O)CCC1=O)C(=O)OCC(C)C. The molecule has 136 valence electrons. The predicted molar refractivity (Wildman–Crippen MR) is 80.9 cm³/mol. The summed E-state index contributed by atoms with van der Waals surface area (Å²) in [6.07, 6.45) is 2.66. The number of carbonyl (C=O) groups is 5. The quantitative estimate of drug-likeness (QED) is 0.343. The van der Waals surface area contributed by atoms with E-state index in [-0.39, 0.29) is 25.4 Å². The highest BCUT2D eigenvalue weighted by Crippen LogP contribution is 2.13. The Morgan fingerprint density at radius 1 is 1.12 bits per heavy atom. The minimum absolute atomic E-state index is 0.0313. The summed E-state index contributed by atoms with van der Waals surface area (Å²) in [7, 11) is 0. The average molecular weight is 353 g/mol. The van der Waals surface area contributed by atoms with Crippen molar-refractivity contribution in [2.45, 2.75) is 45.6 Å². The lowest BCUT2D eigenvalue weighted by Crippen LogP contribution is -2.32. The summed E-state index contributed by atoms with van der Waals surface area (Å²) < 4.78 is 9.61. The third-order valence-electron chi connectivity index (χ3n) is 2.91. The van der Waals surface area contributed by atoms with E-state index < -0.39 is 48.7 Å². The van der Waals surface area contributed by atoms with Crippen LogP contribution in [0.4, 0.5) is 0 Å². The number of ether oxygens (including phenoxy) is 2. The molecule has 0 spiro atoms. The molecule has 0 aromatic rings. The molecule has 0 aromatic carbocycles. The van der Waals surface area contributed by atoms with Crippen LogP contribution in [0.3, 0.4) is 0 Å². The summed E-state index contributed by atoms with van der Waals surface area (Å²) in [5, 5.41) is 0.376. The highest BCUT2D eigenvalue weighted by atomic mass is 16.7. The first-order valence-electron chi connectivity index (χ1n) is 7.63. The van der Waals surface area contributed by atoms with Crippen LogP contribution in [0.1, 0.15) is 39.5 Å². The van der Waals surface area contributed by atoms with Gasteiger partial charge < -0.3 is 14.3 Å². The Hall–Kier alpha value is -2.89. The van der Waals surface area contributed by atoms with Crippen molar-refractivity contribution in [2.24, 2.45) is 5.92 Å². The zero-order chi connectivity index (χ0) is 19.0. The molecule has 0 unspecified atom stereocenters. The maximum atomic E-state index is 11.6. The van der Waals surface area contributed by atoms with E-state index in [0.717, 1.165) is 0 Å². The Bertz CT molecular complexity index is 588. The smallest absolute Gasteiger partial charge is 0.360 e. The maximum absolute atomic E-state index is 11.6. The molecule has 25 heavy (non-hydrogen) atoms. The Morgan fingerprint density at radius 3 is 2.20 bits per heavy atom. The van der Waals surface area contributed by atoms with Crippen LogP contribution in [0.5, 0.6) is 0 Å². The van der Waals surface area contributed by atoms with E-state index in [1.54, 1.807) is 0 Å².